The van der Waals surface area contributed by atoms with E-state index in [9.17, 15) is 18.5 Å². The Morgan fingerprint density at radius 2 is 1.92 bits per heavy atom. The molecule has 8 nitrogen and oxygen atoms in total. The third-order valence-electron chi connectivity index (χ3n) is 6.59. The van der Waals surface area contributed by atoms with E-state index in [4.69, 9.17) is 16.3 Å². The lowest BCUT2D eigenvalue weighted by Gasteiger charge is -2.37. The number of nitrogens with zero attached hydrogens (tertiary/aromatic N) is 1. The maximum atomic E-state index is 13.2. The molecule has 3 aromatic carbocycles. The van der Waals surface area contributed by atoms with Gasteiger partial charge in [-0.3, -0.25) is 14.8 Å². The number of sulfonamides is 1. The largest absolute Gasteiger partial charge is 0.494 e. The Bertz CT molecular complexity index is 1460. The molecule has 3 atom stereocenters. The molecule has 186 valence electrons. The predicted octanol–water partition coefficient (Wildman–Crippen LogP) is 6.27. The molecule has 0 saturated carbocycles. The Kier molecular flexibility index (Phi) is 6.36. The van der Waals surface area contributed by atoms with E-state index in [1.54, 1.807) is 54.6 Å². The van der Waals surface area contributed by atoms with E-state index in [-0.39, 0.29) is 33.5 Å². The third-order valence-corrected chi connectivity index (χ3v) is 8.29. The molecule has 36 heavy (non-hydrogen) atoms. The molecule has 3 aromatic rings. The molecule has 3 unspecified atom stereocenters. The van der Waals surface area contributed by atoms with Crippen molar-refractivity contribution in [2.24, 2.45) is 5.92 Å². The van der Waals surface area contributed by atoms with Gasteiger partial charge in [-0.2, -0.15) is 0 Å². The van der Waals surface area contributed by atoms with E-state index in [0.717, 1.165) is 23.2 Å². The van der Waals surface area contributed by atoms with E-state index >= 15 is 0 Å². The molecule has 0 bridgehead atoms. The fraction of sp³-hybridized carbons (Fsp3) is 0.231. The van der Waals surface area contributed by atoms with Crippen LogP contribution in [0.5, 0.6) is 5.75 Å². The number of hydrogen-bond acceptors (Lipinski definition) is 6. The van der Waals surface area contributed by atoms with Crippen molar-refractivity contribution in [3.8, 4) is 5.75 Å². The highest BCUT2D eigenvalue weighted by atomic mass is 35.5. The lowest BCUT2D eigenvalue weighted by atomic mass is 9.77. The smallest absolute Gasteiger partial charge is 0.288 e. The second-order valence-corrected chi connectivity index (χ2v) is 10.8. The number of nitrogens with one attached hydrogen (secondary N) is 2. The first-order valence-electron chi connectivity index (χ1n) is 11.5. The number of anilines is 2. The Labute approximate surface area is 214 Å². The third kappa shape index (κ3) is 4.52. The van der Waals surface area contributed by atoms with Crippen LogP contribution in [0.2, 0.25) is 5.02 Å². The van der Waals surface area contributed by atoms with Crippen LogP contribution >= 0.6 is 11.6 Å². The highest BCUT2D eigenvalue weighted by Crippen LogP contribution is 2.50. The molecule has 1 aliphatic carbocycles. The topological polar surface area (TPSA) is 111 Å². The molecule has 1 heterocycles. The minimum absolute atomic E-state index is 0.0263. The van der Waals surface area contributed by atoms with Crippen LogP contribution in [0, 0.1) is 16.0 Å². The first kappa shape index (κ1) is 24.1. The van der Waals surface area contributed by atoms with Gasteiger partial charge < -0.3 is 10.1 Å². The maximum absolute atomic E-state index is 13.2. The van der Waals surface area contributed by atoms with Gasteiger partial charge in [0.05, 0.1) is 22.5 Å². The summed E-state index contributed by atoms with van der Waals surface area (Å²) >= 11 is 6.02. The lowest BCUT2D eigenvalue weighted by molar-refractivity contribution is -0.384. The molecule has 2 N–H and O–H groups in total. The molecular weight excluding hydrogens is 502 g/mol. The van der Waals surface area contributed by atoms with Crippen LogP contribution < -0.4 is 14.8 Å². The summed E-state index contributed by atoms with van der Waals surface area (Å²) in [6.07, 6.45) is 4.92. The monoisotopic (exact) mass is 525 g/mol. The molecule has 0 fully saturated rings. The second kappa shape index (κ2) is 9.48. The summed E-state index contributed by atoms with van der Waals surface area (Å²) in [5.74, 6) is 0.719. The van der Waals surface area contributed by atoms with Crippen LogP contribution in [0.3, 0.4) is 0 Å². The average molecular weight is 526 g/mol. The first-order valence-corrected chi connectivity index (χ1v) is 13.4. The van der Waals surface area contributed by atoms with Crippen molar-refractivity contribution < 1.29 is 18.1 Å². The quantitative estimate of drug-likeness (QED) is 0.213. The van der Waals surface area contributed by atoms with Gasteiger partial charge in [-0.25, -0.2) is 8.42 Å². The van der Waals surface area contributed by atoms with Crippen LogP contribution in [-0.2, 0) is 10.0 Å². The Morgan fingerprint density at radius 3 is 2.64 bits per heavy atom. The maximum Gasteiger partial charge on any atom is 0.288 e. The Hall–Kier alpha value is -3.56. The normalized spacial score (nSPS) is 20.2. The van der Waals surface area contributed by atoms with Gasteiger partial charge in [-0.15, -0.1) is 0 Å². The minimum Gasteiger partial charge on any atom is -0.494 e. The molecule has 0 spiro atoms. The summed E-state index contributed by atoms with van der Waals surface area (Å²) in [5.41, 5.74) is 2.75. The summed E-state index contributed by atoms with van der Waals surface area (Å²) in [5, 5.41) is 15.0. The van der Waals surface area contributed by atoms with Gasteiger partial charge in [0, 0.05) is 23.4 Å². The molecule has 0 amide bonds. The van der Waals surface area contributed by atoms with Crippen LogP contribution in [0.15, 0.2) is 77.7 Å². The number of nitro groups is 1. The lowest BCUT2D eigenvalue weighted by Crippen LogP contribution is -2.29. The molecule has 1 aliphatic heterocycles. The summed E-state index contributed by atoms with van der Waals surface area (Å²) in [7, 11) is -3.82. The van der Waals surface area contributed by atoms with Crippen molar-refractivity contribution in [2.75, 3.05) is 16.6 Å². The number of halogens is 1. The number of hydrogen-bond donors (Lipinski definition) is 2. The number of allylic oxidation sites excluding steroid dienone is 2. The van der Waals surface area contributed by atoms with Crippen LogP contribution in [0.1, 0.15) is 36.4 Å². The number of rotatable bonds is 7. The van der Waals surface area contributed by atoms with Crippen molar-refractivity contribution in [3.05, 3.63) is 99.1 Å². The Balaban J connectivity index is 1.44. The number of ether oxygens (including phenoxy) is 1. The van der Waals surface area contributed by atoms with Gasteiger partial charge in [-0.05, 0) is 78.9 Å². The SMILES string of the molecule is CCOc1ccc(NS(=O)(=O)c2ccc3c(c2)C2C=CCC2C(c2ccc(Cl)c([N+](=O)[O-])c2)N3)cc1. The Morgan fingerprint density at radius 1 is 1.14 bits per heavy atom. The highest BCUT2D eigenvalue weighted by molar-refractivity contribution is 7.92. The van der Waals surface area contributed by atoms with E-state index in [1.807, 2.05) is 6.92 Å². The van der Waals surface area contributed by atoms with Crippen molar-refractivity contribution in [1.82, 2.24) is 0 Å². The van der Waals surface area contributed by atoms with Crippen molar-refractivity contribution in [1.29, 1.82) is 0 Å². The molecule has 0 saturated heterocycles. The molecule has 0 radical (unpaired) electrons. The molecule has 10 heteroatoms. The first-order chi connectivity index (χ1) is 17.3. The standard InChI is InChI=1S/C26H24ClN3O5S/c1-2-35-18-9-7-17(8-10-18)29-36(33,34)19-11-13-24-22(15-19)20-4-3-5-21(20)26(28-24)16-6-12-23(27)25(14-16)30(31)32/h3-4,6-15,20-21,26,28-29H,2,5H2,1H3. The van der Waals surface area contributed by atoms with Gasteiger partial charge in [0.2, 0.25) is 0 Å². The minimum atomic E-state index is -3.82. The van der Waals surface area contributed by atoms with Crippen LogP contribution in [-0.4, -0.2) is 19.9 Å². The molecular formula is C26H24ClN3O5S. The van der Waals surface area contributed by atoms with E-state index in [0.29, 0.717) is 18.0 Å². The zero-order chi connectivity index (χ0) is 25.4. The highest BCUT2D eigenvalue weighted by Gasteiger charge is 2.39. The second-order valence-electron chi connectivity index (χ2n) is 8.76. The van der Waals surface area contributed by atoms with E-state index in [1.165, 1.54) is 6.07 Å². The molecule has 0 aromatic heterocycles. The zero-order valence-electron chi connectivity index (χ0n) is 19.3. The summed E-state index contributed by atoms with van der Waals surface area (Å²) in [4.78, 5) is 11.1. The van der Waals surface area contributed by atoms with Gasteiger partial charge in [0.25, 0.3) is 15.7 Å². The van der Waals surface area contributed by atoms with Crippen LogP contribution in [0.25, 0.3) is 0 Å². The van der Waals surface area contributed by atoms with Gasteiger partial charge in [0.15, 0.2) is 0 Å². The van der Waals surface area contributed by atoms with Gasteiger partial charge in [0.1, 0.15) is 10.8 Å². The summed E-state index contributed by atoms with van der Waals surface area (Å²) < 4.78 is 34.3. The molecule has 2 aliphatic rings. The van der Waals surface area contributed by atoms with Gasteiger partial charge in [-0.1, -0.05) is 29.8 Å². The fourth-order valence-corrected chi connectivity index (χ4v) is 6.21. The fourth-order valence-electron chi connectivity index (χ4n) is 4.93. The summed E-state index contributed by atoms with van der Waals surface area (Å²) in [6.45, 7) is 2.41. The molecule has 5 rings (SSSR count). The number of fused-ring (bicyclic) bond motifs is 3. The number of nitro benzene ring substituents is 1. The number of benzene rings is 3. The van der Waals surface area contributed by atoms with Gasteiger partial charge >= 0.3 is 0 Å². The zero-order valence-corrected chi connectivity index (χ0v) is 20.9. The van der Waals surface area contributed by atoms with Crippen molar-refractivity contribution in [2.45, 2.75) is 30.2 Å². The van der Waals surface area contributed by atoms with E-state index < -0.39 is 14.9 Å². The van der Waals surface area contributed by atoms with Crippen molar-refractivity contribution in [3.63, 3.8) is 0 Å². The van der Waals surface area contributed by atoms with Crippen molar-refractivity contribution >= 4 is 38.7 Å². The average Bonchev–Trinajstić information content (AvgIpc) is 3.35. The van der Waals surface area contributed by atoms with E-state index in [2.05, 4.69) is 22.2 Å². The summed E-state index contributed by atoms with van der Waals surface area (Å²) in [6, 6.07) is 16.4. The van der Waals surface area contributed by atoms with Crippen LogP contribution in [0.4, 0.5) is 17.1 Å². The predicted molar refractivity (Wildman–Crippen MR) is 139 cm³/mol.